The van der Waals surface area contributed by atoms with Crippen LogP contribution in [0.3, 0.4) is 0 Å². The van der Waals surface area contributed by atoms with Crippen molar-refractivity contribution in [3.8, 4) is 5.75 Å². The SMILES string of the molecule is CCOc1ccc(/C=C/c2ccc(C3CCC(C4CCC(CC)CC4)CC3)cc2)c(C(F)(F)F)c1F. The van der Waals surface area contributed by atoms with Crippen LogP contribution in [0.4, 0.5) is 17.6 Å². The Kier molecular flexibility index (Phi) is 8.79. The third kappa shape index (κ3) is 6.33. The molecule has 1 nitrogen and oxygen atoms in total. The molecular weight excluding hydrogens is 464 g/mol. The first-order valence-electron chi connectivity index (χ1n) is 13.6. The molecule has 0 atom stereocenters. The third-order valence-corrected chi connectivity index (χ3v) is 8.49. The Morgan fingerprint density at radius 2 is 1.42 bits per heavy atom. The molecule has 4 rings (SSSR count). The molecule has 0 aliphatic heterocycles. The van der Waals surface area contributed by atoms with E-state index in [4.69, 9.17) is 4.74 Å². The lowest BCUT2D eigenvalue weighted by molar-refractivity contribution is -0.140. The molecule has 36 heavy (non-hydrogen) atoms. The van der Waals surface area contributed by atoms with E-state index >= 15 is 0 Å². The molecule has 0 bridgehead atoms. The predicted molar refractivity (Wildman–Crippen MR) is 138 cm³/mol. The summed E-state index contributed by atoms with van der Waals surface area (Å²) in [6.07, 6.45) is 10.1. The maximum atomic E-state index is 14.5. The van der Waals surface area contributed by atoms with Gasteiger partial charge >= 0.3 is 6.18 Å². The molecule has 0 radical (unpaired) electrons. The normalized spacial score (nSPS) is 25.3. The molecule has 0 aromatic heterocycles. The van der Waals surface area contributed by atoms with Crippen molar-refractivity contribution in [1.82, 2.24) is 0 Å². The van der Waals surface area contributed by atoms with E-state index in [1.807, 2.05) is 12.1 Å². The van der Waals surface area contributed by atoms with Gasteiger partial charge in [-0.1, -0.05) is 68.7 Å². The van der Waals surface area contributed by atoms with Crippen molar-refractivity contribution in [3.05, 3.63) is 64.5 Å². The second-order valence-electron chi connectivity index (χ2n) is 10.6. The van der Waals surface area contributed by atoms with Crippen molar-refractivity contribution in [1.29, 1.82) is 0 Å². The number of rotatable bonds is 7. The summed E-state index contributed by atoms with van der Waals surface area (Å²) >= 11 is 0. The fourth-order valence-corrected chi connectivity index (χ4v) is 6.32. The number of benzene rings is 2. The lowest BCUT2D eigenvalue weighted by Gasteiger charge is -2.38. The largest absolute Gasteiger partial charge is 0.491 e. The van der Waals surface area contributed by atoms with Crippen LogP contribution in [-0.2, 0) is 6.18 Å². The standard InChI is InChI=1S/C31H38F4O/c1-3-21-5-10-23(11-6-21)25-15-17-26(18-16-25)24-12-7-22(8-13-24)9-14-27-19-20-28(36-4-2)30(32)29(27)31(33,34)35/h7-9,12-14,19-21,23,25-26H,3-6,10-11,15-18H2,1-2H3/b14-9+. The molecule has 0 heterocycles. The summed E-state index contributed by atoms with van der Waals surface area (Å²) in [4.78, 5) is 0. The number of halogens is 4. The topological polar surface area (TPSA) is 9.23 Å². The van der Waals surface area contributed by atoms with E-state index in [0.29, 0.717) is 5.92 Å². The number of alkyl halides is 3. The van der Waals surface area contributed by atoms with Crippen molar-refractivity contribution in [2.75, 3.05) is 6.61 Å². The highest BCUT2D eigenvalue weighted by atomic mass is 19.4. The molecule has 2 saturated carbocycles. The van der Waals surface area contributed by atoms with Gasteiger partial charge in [-0.25, -0.2) is 4.39 Å². The van der Waals surface area contributed by atoms with Crippen LogP contribution < -0.4 is 4.74 Å². The van der Waals surface area contributed by atoms with Crippen molar-refractivity contribution in [2.24, 2.45) is 17.8 Å². The van der Waals surface area contributed by atoms with Crippen molar-refractivity contribution < 1.29 is 22.3 Å². The fraction of sp³-hybridized carbons (Fsp3) is 0.548. The van der Waals surface area contributed by atoms with Crippen LogP contribution in [-0.4, -0.2) is 6.61 Å². The quantitative estimate of drug-likeness (QED) is 0.270. The van der Waals surface area contributed by atoms with Crippen LogP contribution in [0.25, 0.3) is 12.2 Å². The van der Waals surface area contributed by atoms with E-state index < -0.39 is 17.6 Å². The molecular formula is C31H38F4O. The first-order chi connectivity index (χ1) is 17.3. The first kappa shape index (κ1) is 26.8. The smallest absolute Gasteiger partial charge is 0.419 e. The minimum Gasteiger partial charge on any atom is -0.491 e. The van der Waals surface area contributed by atoms with Gasteiger partial charge in [-0.3, -0.25) is 0 Å². The zero-order chi connectivity index (χ0) is 25.7. The summed E-state index contributed by atoms with van der Waals surface area (Å²) in [7, 11) is 0. The van der Waals surface area contributed by atoms with Gasteiger partial charge in [0.25, 0.3) is 0 Å². The molecule has 0 spiro atoms. The Labute approximate surface area is 212 Å². The molecule has 2 aliphatic rings. The molecule has 5 heteroatoms. The second kappa shape index (κ2) is 11.8. The summed E-state index contributed by atoms with van der Waals surface area (Å²) in [6, 6.07) is 10.6. The van der Waals surface area contributed by atoms with Crippen LogP contribution in [0, 0.1) is 23.6 Å². The van der Waals surface area contributed by atoms with E-state index in [0.717, 1.165) is 23.3 Å². The highest BCUT2D eigenvalue weighted by molar-refractivity contribution is 5.72. The summed E-state index contributed by atoms with van der Waals surface area (Å²) in [5.41, 5.74) is 0.603. The molecule has 0 N–H and O–H groups in total. The molecule has 2 fully saturated rings. The summed E-state index contributed by atoms with van der Waals surface area (Å²) in [5.74, 6) is 1.54. The van der Waals surface area contributed by atoms with Crippen molar-refractivity contribution in [2.45, 2.75) is 83.7 Å². The van der Waals surface area contributed by atoms with E-state index in [1.54, 1.807) is 13.0 Å². The lowest BCUT2D eigenvalue weighted by Crippen LogP contribution is -2.25. The minimum absolute atomic E-state index is 0.0946. The average molecular weight is 503 g/mol. The molecule has 0 amide bonds. The van der Waals surface area contributed by atoms with Crippen LogP contribution in [0.2, 0.25) is 0 Å². The van der Waals surface area contributed by atoms with Gasteiger partial charge in [0.1, 0.15) is 5.56 Å². The van der Waals surface area contributed by atoms with Gasteiger partial charge in [0.05, 0.1) is 6.61 Å². The van der Waals surface area contributed by atoms with Gasteiger partial charge in [-0.15, -0.1) is 0 Å². The number of ether oxygens (including phenoxy) is 1. The zero-order valence-corrected chi connectivity index (χ0v) is 21.4. The van der Waals surface area contributed by atoms with E-state index in [2.05, 4.69) is 19.1 Å². The van der Waals surface area contributed by atoms with Gasteiger partial charge in [0.2, 0.25) is 0 Å². The van der Waals surface area contributed by atoms with E-state index in [9.17, 15) is 17.6 Å². The van der Waals surface area contributed by atoms with Gasteiger partial charge < -0.3 is 4.74 Å². The Hall–Kier alpha value is -2.30. The van der Waals surface area contributed by atoms with Crippen LogP contribution in [0.5, 0.6) is 5.75 Å². The number of hydrogen-bond donors (Lipinski definition) is 0. The second-order valence-corrected chi connectivity index (χ2v) is 10.6. The Bertz CT molecular complexity index is 1010. The summed E-state index contributed by atoms with van der Waals surface area (Å²) in [6.45, 7) is 4.02. The average Bonchev–Trinajstić information content (AvgIpc) is 2.88. The van der Waals surface area contributed by atoms with Gasteiger partial charge in [0.15, 0.2) is 11.6 Å². The lowest BCUT2D eigenvalue weighted by atomic mass is 9.68. The Morgan fingerprint density at radius 1 is 0.806 bits per heavy atom. The summed E-state index contributed by atoms with van der Waals surface area (Å²) < 4.78 is 60.2. The van der Waals surface area contributed by atoms with Gasteiger partial charge in [0, 0.05) is 0 Å². The molecule has 2 aromatic carbocycles. The number of hydrogen-bond acceptors (Lipinski definition) is 1. The minimum atomic E-state index is -4.81. The van der Waals surface area contributed by atoms with Crippen LogP contribution >= 0.6 is 0 Å². The first-order valence-corrected chi connectivity index (χ1v) is 13.6. The van der Waals surface area contributed by atoms with Crippen molar-refractivity contribution >= 4 is 12.2 Å². The maximum Gasteiger partial charge on any atom is 0.419 e. The summed E-state index contributed by atoms with van der Waals surface area (Å²) in [5, 5.41) is 0. The Morgan fingerprint density at radius 3 is 1.97 bits per heavy atom. The molecule has 196 valence electrons. The van der Waals surface area contributed by atoms with Gasteiger partial charge in [-0.05, 0) is 91.9 Å². The molecule has 0 saturated heterocycles. The predicted octanol–water partition coefficient (Wildman–Crippen LogP) is 9.90. The van der Waals surface area contributed by atoms with E-state index in [-0.39, 0.29) is 17.9 Å². The molecule has 0 unspecified atom stereocenters. The Balaban J connectivity index is 1.38. The molecule has 2 aliphatic carbocycles. The van der Waals surface area contributed by atoms with Crippen LogP contribution in [0.1, 0.15) is 99.8 Å². The third-order valence-electron chi connectivity index (χ3n) is 8.49. The molecule has 2 aromatic rings. The highest BCUT2D eigenvalue weighted by Crippen LogP contribution is 2.44. The monoisotopic (exact) mass is 502 g/mol. The maximum absolute atomic E-state index is 14.5. The van der Waals surface area contributed by atoms with Crippen molar-refractivity contribution in [3.63, 3.8) is 0 Å². The highest BCUT2D eigenvalue weighted by Gasteiger charge is 2.38. The fourth-order valence-electron chi connectivity index (χ4n) is 6.32. The van der Waals surface area contributed by atoms with Gasteiger partial charge in [-0.2, -0.15) is 13.2 Å². The zero-order valence-electron chi connectivity index (χ0n) is 21.4. The van der Waals surface area contributed by atoms with Crippen LogP contribution in [0.15, 0.2) is 36.4 Å². The van der Waals surface area contributed by atoms with E-state index in [1.165, 1.54) is 81.6 Å².